The van der Waals surface area contributed by atoms with Gasteiger partial charge in [-0.25, -0.2) is 0 Å². The van der Waals surface area contributed by atoms with Gasteiger partial charge in [-0.15, -0.1) is 0 Å². The number of benzene rings is 1. The molecule has 1 atom stereocenters. The number of rotatable bonds is 7. The molecule has 1 aromatic heterocycles. The Morgan fingerprint density at radius 1 is 1.03 bits per heavy atom. The summed E-state index contributed by atoms with van der Waals surface area (Å²) in [5, 5.41) is 0. The fourth-order valence-corrected chi connectivity index (χ4v) is 3.81. The van der Waals surface area contributed by atoms with Crippen LogP contribution < -0.4 is 4.90 Å². The third kappa shape index (κ3) is 5.21. The fourth-order valence-electron chi connectivity index (χ4n) is 3.81. The number of carbonyl (C=O) groups is 2. The lowest BCUT2D eigenvalue weighted by Crippen LogP contribution is -2.53. The first-order chi connectivity index (χ1) is 14.1. The van der Waals surface area contributed by atoms with E-state index in [0.717, 1.165) is 37.3 Å². The van der Waals surface area contributed by atoms with Crippen LogP contribution in [-0.2, 0) is 4.79 Å². The Labute approximate surface area is 173 Å². The number of carbonyl (C=O) groups excluding carboxylic acids is 2. The minimum atomic E-state index is 0.0861. The topological polar surface area (TPSA) is 56.8 Å². The minimum absolute atomic E-state index is 0.0861. The molecule has 2 aromatic rings. The molecule has 3 rings (SSSR count). The average Bonchev–Trinajstić information content (AvgIpc) is 2.79. The number of amides is 2. The van der Waals surface area contributed by atoms with E-state index in [4.69, 9.17) is 0 Å². The zero-order valence-electron chi connectivity index (χ0n) is 17.3. The number of aromatic nitrogens is 1. The maximum atomic E-state index is 12.7. The Bertz CT molecular complexity index is 789. The summed E-state index contributed by atoms with van der Waals surface area (Å²) in [5.41, 5.74) is 1.59. The van der Waals surface area contributed by atoms with Crippen LogP contribution in [0.2, 0.25) is 0 Å². The molecule has 1 fully saturated rings. The zero-order valence-corrected chi connectivity index (χ0v) is 17.3. The van der Waals surface area contributed by atoms with Crippen LogP contribution in [0.3, 0.4) is 0 Å². The van der Waals surface area contributed by atoms with Gasteiger partial charge in [-0.05, 0) is 30.7 Å². The van der Waals surface area contributed by atoms with E-state index in [2.05, 4.69) is 16.8 Å². The van der Waals surface area contributed by atoms with Gasteiger partial charge in [-0.3, -0.25) is 19.5 Å². The lowest BCUT2D eigenvalue weighted by atomic mass is 10.1. The predicted octanol–water partition coefficient (Wildman–Crippen LogP) is 3.06. The predicted molar refractivity (Wildman–Crippen MR) is 115 cm³/mol. The summed E-state index contributed by atoms with van der Waals surface area (Å²) in [4.78, 5) is 35.7. The molecule has 0 bridgehead atoms. The molecule has 2 heterocycles. The van der Waals surface area contributed by atoms with Crippen molar-refractivity contribution in [3.05, 3.63) is 60.4 Å². The molecule has 0 radical (unpaired) electrons. The molecule has 6 nitrogen and oxygen atoms in total. The Hall–Kier alpha value is -2.73. The van der Waals surface area contributed by atoms with Crippen molar-refractivity contribution in [3.8, 4) is 0 Å². The minimum Gasteiger partial charge on any atom is -0.336 e. The van der Waals surface area contributed by atoms with Crippen molar-refractivity contribution in [2.75, 3.05) is 37.6 Å². The molecule has 6 heteroatoms. The van der Waals surface area contributed by atoms with Gasteiger partial charge in [-0.2, -0.15) is 0 Å². The summed E-state index contributed by atoms with van der Waals surface area (Å²) in [6.45, 7) is 7.85. The first kappa shape index (κ1) is 21.0. The maximum Gasteiger partial charge on any atom is 0.253 e. The number of nitrogens with zero attached hydrogens (tertiary/aromatic N) is 4. The van der Waals surface area contributed by atoms with E-state index in [1.54, 1.807) is 12.4 Å². The summed E-state index contributed by atoms with van der Waals surface area (Å²) in [6.07, 6.45) is 4.81. The highest BCUT2D eigenvalue weighted by Crippen LogP contribution is 2.20. The summed E-state index contributed by atoms with van der Waals surface area (Å²) >= 11 is 0. The van der Waals surface area contributed by atoms with E-state index >= 15 is 0 Å². The van der Waals surface area contributed by atoms with Crippen LogP contribution in [-0.4, -0.2) is 65.4 Å². The summed E-state index contributed by atoms with van der Waals surface area (Å²) in [7, 11) is 0. The van der Waals surface area contributed by atoms with Gasteiger partial charge in [0.25, 0.3) is 5.91 Å². The molecule has 1 aromatic carbocycles. The zero-order chi connectivity index (χ0) is 20.6. The van der Waals surface area contributed by atoms with E-state index in [0.29, 0.717) is 19.5 Å². The van der Waals surface area contributed by atoms with Crippen molar-refractivity contribution in [2.24, 2.45) is 0 Å². The van der Waals surface area contributed by atoms with Gasteiger partial charge in [0.1, 0.15) is 0 Å². The van der Waals surface area contributed by atoms with E-state index < -0.39 is 0 Å². The smallest absolute Gasteiger partial charge is 0.253 e. The Balaban J connectivity index is 1.63. The molecule has 29 heavy (non-hydrogen) atoms. The van der Waals surface area contributed by atoms with Gasteiger partial charge in [0.15, 0.2) is 0 Å². The lowest BCUT2D eigenvalue weighted by molar-refractivity contribution is -0.118. The van der Waals surface area contributed by atoms with E-state index in [-0.39, 0.29) is 17.9 Å². The molecular weight excluding hydrogens is 364 g/mol. The highest BCUT2D eigenvalue weighted by atomic mass is 16.2. The second-order valence-electron chi connectivity index (χ2n) is 7.35. The quantitative estimate of drug-likeness (QED) is 0.724. The SMILES string of the molecule is CCC(=O)N(c1cccnc1)C(CC)CN1CCN(C(=O)c2ccccc2)CC1. The molecule has 1 saturated heterocycles. The Kier molecular flexibility index (Phi) is 7.36. The largest absolute Gasteiger partial charge is 0.336 e. The van der Waals surface area contributed by atoms with Crippen LogP contribution in [0, 0.1) is 0 Å². The van der Waals surface area contributed by atoms with Crippen molar-refractivity contribution < 1.29 is 9.59 Å². The molecule has 1 aliphatic heterocycles. The van der Waals surface area contributed by atoms with Gasteiger partial charge in [0, 0.05) is 56.9 Å². The number of anilines is 1. The van der Waals surface area contributed by atoms with Crippen LogP contribution in [0.15, 0.2) is 54.9 Å². The molecule has 0 spiro atoms. The van der Waals surface area contributed by atoms with E-state index in [9.17, 15) is 9.59 Å². The maximum absolute atomic E-state index is 12.7. The van der Waals surface area contributed by atoms with Crippen LogP contribution in [0.1, 0.15) is 37.0 Å². The first-order valence-electron chi connectivity index (χ1n) is 10.4. The first-order valence-corrected chi connectivity index (χ1v) is 10.4. The third-order valence-electron chi connectivity index (χ3n) is 5.48. The summed E-state index contributed by atoms with van der Waals surface area (Å²) in [6, 6.07) is 13.3. The van der Waals surface area contributed by atoms with Crippen LogP contribution in [0.25, 0.3) is 0 Å². The van der Waals surface area contributed by atoms with Crippen molar-refractivity contribution in [1.82, 2.24) is 14.8 Å². The van der Waals surface area contributed by atoms with Gasteiger partial charge in [0.2, 0.25) is 5.91 Å². The second-order valence-corrected chi connectivity index (χ2v) is 7.35. The van der Waals surface area contributed by atoms with Crippen molar-refractivity contribution in [3.63, 3.8) is 0 Å². The number of hydrogen-bond acceptors (Lipinski definition) is 4. The van der Waals surface area contributed by atoms with Crippen LogP contribution in [0.4, 0.5) is 5.69 Å². The van der Waals surface area contributed by atoms with Gasteiger partial charge in [0.05, 0.1) is 11.9 Å². The molecule has 1 unspecified atom stereocenters. The highest BCUT2D eigenvalue weighted by Gasteiger charge is 2.28. The molecule has 0 N–H and O–H groups in total. The summed E-state index contributed by atoms with van der Waals surface area (Å²) < 4.78 is 0. The molecular formula is C23H30N4O2. The standard InChI is InChI=1S/C23H30N4O2/c1-3-20(27(22(28)4-2)21-11-8-12-24-17-21)18-25-13-15-26(16-14-25)23(29)19-9-6-5-7-10-19/h5-12,17,20H,3-4,13-16,18H2,1-2H3. The van der Waals surface area contributed by atoms with Gasteiger partial charge < -0.3 is 9.80 Å². The molecule has 1 aliphatic rings. The third-order valence-corrected chi connectivity index (χ3v) is 5.48. The number of piperazine rings is 1. The summed E-state index contributed by atoms with van der Waals surface area (Å²) in [5.74, 6) is 0.207. The number of hydrogen-bond donors (Lipinski definition) is 0. The fraction of sp³-hybridized carbons (Fsp3) is 0.435. The normalized spacial score (nSPS) is 15.7. The van der Waals surface area contributed by atoms with Gasteiger partial charge in [-0.1, -0.05) is 32.0 Å². The van der Waals surface area contributed by atoms with Gasteiger partial charge >= 0.3 is 0 Å². The van der Waals surface area contributed by atoms with Crippen molar-refractivity contribution in [1.29, 1.82) is 0 Å². The number of pyridine rings is 1. The Morgan fingerprint density at radius 3 is 2.34 bits per heavy atom. The highest BCUT2D eigenvalue weighted by molar-refractivity contribution is 5.94. The average molecular weight is 395 g/mol. The van der Waals surface area contributed by atoms with Crippen molar-refractivity contribution in [2.45, 2.75) is 32.7 Å². The molecule has 0 aliphatic carbocycles. The second kappa shape index (κ2) is 10.2. The van der Waals surface area contributed by atoms with Crippen molar-refractivity contribution >= 4 is 17.5 Å². The van der Waals surface area contributed by atoms with Crippen LogP contribution >= 0.6 is 0 Å². The molecule has 154 valence electrons. The Morgan fingerprint density at radius 2 is 1.76 bits per heavy atom. The van der Waals surface area contributed by atoms with E-state index in [1.807, 2.05) is 59.2 Å². The van der Waals surface area contributed by atoms with E-state index in [1.165, 1.54) is 0 Å². The van der Waals surface area contributed by atoms with Crippen LogP contribution in [0.5, 0.6) is 0 Å². The lowest BCUT2D eigenvalue weighted by Gasteiger charge is -2.39. The molecule has 2 amide bonds. The monoisotopic (exact) mass is 394 g/mol. The molecule has 0 saturated carbocycles.